The van der Waals surface area contributed by atoms with Gasteiger partial charge in [0, 0.05) is 18.3 Å². The highest BCUT2D eigenvalue weighted by molar-refractivity contribution is 9.10. The van der Waals surface area contributed by atoms with E-state index in [2.05, 4.69) is 32.1 Å². The number of halogens is 1. The fourth-order valence-corrected chi connectivity index (χ4v) is 2.14. The second kappa shape index (κ2) is 9.09. The number of carbonyl (C=O) groups excluding carboxylic acids is 2. The van der Waals surface area contributed by atoms with Gasteiger partial charge in [0.25, 0.3) is 5.91 Å². The standard InChI is InChI=1S/C15H20BrN3O3/c1-4-17-14(20)8-11(3)18-19-15(21)9-22-13-6-5-10(2)7-12(13)16/h5-8,18H,4,9H2,1-3H3,(H,17,20)(H,19,21). The van der Waals surface area contributed by atoms with Crippen LogP contribution in [0.5, 0.6) is 5.75 Å². The number of hydrazine groups is 1. The van der Waals surface area contributed by atoms with Gasteiger partial charge in [0.05, 0.1) is 4.47 Å². The van der Waals surface area contributed by atoms with Crippen molar-refractivity contribution in [2.75, 3.05) is 13.2 Å². The highest BCUT2D eigenvalue weighted by Gasteiger charge is 2.06. The van der Waals surface area contributed by atoms with E-state index in [9.17, 15) is 9.59 Å². The van der Waals surface area contributed by atoms with Gasteiger partial charge in [-0.1, -0.05) is 6.07 Å². The summed E-state index contributed by atoms with van der Waals surface area (Å²) in [5.74, 6) is 0.0213. The second-order valence-electron chi connectivity index (χ2n) is 4.62. The number of likely N-dealkylation sites (N-methyl/N-ethyl adjacent to an activating group) is 1. The third-order valence-corrected chi connectivity index (χ3v) is 3.16. The van der Waals surface area contributed by atoms with Gasteiger partial charge >= 0.3 is 0 Å². The van der Waals surface area contributed by atoms with Crippen LogP contribution >= 0.6 is 15.9 Å². The molecule has 0 aliphatic rings. The maximum atomic E-state index is 11.7. The van der Waals surface area contributed by atoms with Crippen LogP contribution in [0.25, 0.3) is 0 Å². The molecule has 0 fully saturated rings. The SMILES string of the molecule is CCNC(=O)C=C(C)NNC(=O)COc1ccc(C)cc1Br. The van der Waals surface area contributed by atoms with Crippen LogP contribution in [0.1, 0.15) is 19.4 Å². The van der Waals surface area contributed by atoms with E-state index in [1.165, 1.54) is 6.08 Å². The van der Waals surface area contributed by atoms with Crippen LogP contribution in [0.15, 0.2) is 34.4 Å². The summed E-state index contributed by atoms with van der Waals surface area (Å²) in [4.78, 5) is 23.0. The number of amides is 2. The second-order valence-corrected chi connectivity index (χ2v) is 5.47. The molecule has 0 unspecified atom stereocenters. The summed E-state index contributed by atoms with van der Waals surface area (Å²) in [6.45, 7) is 5.88. The average Bonchev–Trinajstić information content (AvgIpc) is 2.44. The molecular weight excluding hydrogens is 350 g/mol. The van der Waals surface area contributed by atoms with Crippen LogP contribution in [-0.2, 0) is 9.59 Å². The number of benzene rings is 1. The maximum Gasteiger partial charge on any atom is 0.276 e. The fourth-order valence-electron chi connectivity index (χ4n) is 1.53. The van der Waals surface area contributed by atoms with E-state index in [-0.39, 0.29) is 18.4 Å². The Morgan fingerprint density at radius 1 is 1.32 bits per heavy atom. The van der Waals surface area contributed by atoms with Crippen molar-refractivity contribution < 1.29 is 14.3 Å². The molecule has 22 heavy (non-hydrogen) atoms. The molecule has 3 N–H and O–H groups in total. The van der Waals surface area contributed by atoms with Crippen LogP contribution in [0.2, 0.25) is 0 Å². The summed E-state index contributed by atoms with van der Waals surface area (Å²) in [5.41, 5.74) is 6.71. The molecule has 120 valence electrons. The monoisotopic (exact) mass is 369 g/mol. The lowest BCUT2D eigenvalue weighted by Gasteiger charge is -2.11. The third kappa shape index (κ3) is 6.62. The van der Waals surface area contributed by atoms with Crippen LogP contribution in [0, 0.1) is 6.92 Å². The molecule has 6 nitrogen and oxygen atoms in total. The first kappa shape index (κ1) is 18.0. The Balaban J connectivity index is 2.39. The number of carbonyl (C=O) groups is 2. The molecule has 0 spiro atoms. The van der Waals surface area contributed by atoms with E-state index in [4.69, 9.17) is 4.74 Å². The first-order chi connectivity index (χ1) is 10.4. The van der Waals surface area contributed by atoms with Crippen molar-refractivity contribution >= 4 is 27.7 Å². The molecule has 0 saturated carbocycles. The van der Waals surface area contributed by atoms with Gasteiger partial charge in [0.1, 0.15) is 5.75 Å². The molecule has 0 atom stereocenters. The Morgan fingerprint density at radius 2 is 2.05 bits per heavy atom. The number of nitrogens with one attached hydrogen (secondary N) is 3. The Kier molecular flexibility index (Phi) is 7.45. The predicted molar refractivity (Wildman–Crippen MR) is 88.1 cm³/mol. The summed E-state index contributed by atoms with van der Waals surface area (Å²) in [6.07, 6.45) is 1.36. The van der Waals surface area contributed by atoms with E-state index in [1.54, 1.807) is 13.0 Å². The van der Waals surface area contributed by atoms with Gasteiger partial charge in [-0.3, -0.25) is 15.0 Å². The molecule has 0 saturated heterocycles. The van der Waals surface area contributed by atoms with Gasteiger partial charge in [-0.2, -0.15) is 0 Å². The molecule has 0 heterocycles. The van der Waals surface area contributed by atoms with Crippen molar-refractivity contribution in [1.82, 2.24) is 16.2 Å². The molecule has 1 rings (SSSR count). The largest absolute Gasteiger partial charge is 0.483 e. The molecule has 1 aromatic rings. The van der Waals surface area contributed by atoms with Crippen molar-refractivity contribution in [3.8, 4) is 5.75 Å². The number of rotatable bonds is 7. The summed E-state index contributed by atoms with van der Waals surface area (Å²) in [6, 6.07) is 5.60. The minimum absolute atomic E-state index is 0.136. The first-order valence-electron chi connectivity index (χ1n) is 6.82. The van der Waals surface area contributed by atoms with Crippen molar-refractivity contribution in [2.24, 2.45) is 0 Å². The number of allylic oxidation sites excluding steroid dienone is 1. The molecule has 0 radical (unpaired) electrons. The lowest BCUT2D eigenvalue weighted by atomic mass is 10.2. The van der Waals surface area contributed by atoms with Gasteiger partial charge in [-0.05, 0) is 54.4 Å². The van der Waals surface area contributed by atoms with Crippen LogP contribution < -0.4 is 20.9 Å². The van der Waals surface area contributed by atoms with Crippen LogP contribution in [-0.4, -0.2) is 25.0 Å². The highest BCUT2D eigenvalue weighted by Crippen LogP contribution is 2.25. The number of hydrogen-bond acceptors (Lipinski definition) is 4. The van der Waals surface area contributed by atoms with Crippen molar-refractivity contribution in [3.63, 3.8) is 0 Å². The fraction of sp³-hybridized carbons (Fsp3) is 0.333. The van der Waals surface area contributed by atoms with E-state index in [0.29, 0.717) is 18.0 Å². The van der Waals surface area contributed by atoms with Crippen molar-refractivity contribution in [3.05, 3.63) is 40.0 Å². The molecule has 0 aromatic heterocycles. The first-order valence-corrected chi connectivity index (χ1v) is 7.61. The zero-order valence-electron chi connectivity index (χ0n) is 12.8. The lowest BCUT2D eigenvalue weighted by Crippen LogP contribution is -2.39. The zero-order chi connectivity index (χ0) is 16.5. The van der Waals surface area contributed by atoms with E-state index >= 15 is 0 Å². The highest BCUT2D eigenvalue weighted by atomic mass is 79.9. The van der Waals surface area contributed by atoms with Crippen molar-refractivity contribution in [1.29, 1.82) is 0 Å². The molecule has 7 heteroatoms. The topological polar surface area (TPSA) is 79.5 Å². The predicted octanol–water partition coefficient (Wildman–Crippen LogP) is 1.80. The van der Waals surface area contributed by atoms with Gasteiger partial charge < -0.3 is 15.5 Å². The lowest BCUT2D eigenvalue weighted by molar-refractivity contribution is -0.124. The van der Waals surface area contributed by atoms with Crippen LogP contribution in [0.3, 0.4) is 0 Å². The normalized spacial score (nSPS) is 10.8. The molecule has 0 bridgehead atoms. The molecule has 2 amide bonds. The Hall–Kier alpha value is -2.02. The number of aryl methyl sites for hydroxylation is 1. The van der Waals surface area contributed by atoms with E-state index < -0.39 is 0 Å². The minimum atomic E-state index is -0.351. The maximum absolute atomic E-state index is 11.7. The molecular formula is C15H20BrN3O3. The third-order valence-electron chi connectivity index (χ3n) is 2.54. The minimum Gasteiger partial charge on any atom is -0.483 e. The Bertz CT molecular complexity index is 573. The van der Waals surface area contributed by atoms with E-state index in [0.717, 1.165) is 10.0 Å². The van der Waals surface area contributed by atoms with Crippen LogP contribution in [0.4, 0.5) is 0 Å². The molecule has 0 aliphatic heterocycles. The quantitative estimate of drug-likeness (QED) is 0.505. The summed E-state index contributed by atoms with van der Waals surface area (Å²) < 4.78 is 6.20. The van der Waals surface area contributed by atoms with Gasteiger partial charge in [-0.15, -0.1) is 0 Å². The Labute approximate surface area is 138 Å². The zero-order valence-corrected chi connectivity index (χ0v) is 14.4. The average molecular weight is 370 g/mol. The number of hydrogen-bond donors (Lipinski definition) is 3. The van der Waals surface area contributed by atoms with Gasteiger partial charge in [0.2, 0.25) is 5.91 Å². The Morgan fingerprint density at radius 3 is 2.68 bits per heavy atom. The summed E-state index contributed by atoms with van der Waals surface area (Å²) in [7, 11) is 0. The smallest absolute Gasteiger partial charge is 0.276 e. The van der Waals surface area contributed by atoms with Gasteiger partial charge in [-0.25, -0.2) is 0 Å². The summed E-state index contributed by atoms with van der Waals surface area (Å²) >= 11 is 3.38. The van der Waals surface area contributed by atoms with Crippen molar-refractivity contribution in [2.45, 2.75) is 20.8 Å². The van der Waals surface area contributed by atoms with E-state index in [1.807, 2.05) is 26.0 Å². The number of ether oxygens (including phenoxy) is 1. The molecule has 0 aliphatic carbocycles. The molecule has 1 aromatic carbocycles. The summed E-state index contributed by atoms with van der Waals surface area (Å²) in [5, 5.41) is 2.62. The van der Waals surface area contributed by atoms with Gasteiger partial charge in [0.15, 0.2) is 6.61 Å².